The van der Waals surface area contributed by atoms with Gasteiger partial charge >= 0.3 is 0 Å². The van der Waals surface area contributed by atoms with Crippen LogP contribution in [-0.4, -0.2) is 100 Å². The van der Waals surface area contributed by atoms with Crippen LogP contribution in [0.2, 0.25) is 0 Å². The molecule has 4 heterocycles. The Labute approximate surface area is 185 Å². The smallest absolute Gasteiger partial charge is 0.282 e. The summed E-state index contributed by atoms with van der Waals surface area (Å²) in [5, 5.41) is 0. The molecule has 1 aromatic rings. The SMILES string of the molecule is O=S(=O)(c1ccc(N2CCN(S(=O)(=O)N3CCCCCC3)CC2)nc1)N1CCOCC1. The maximum atomic E-state index is 13.0. The summed E-state index contributed by atoms with van der Waals surface area (Å²) in [6.45, 7) is 4.53. The van der Waals surface area contributed by atoms with Crippen molar-refractivity contribution < 1.29 is 21.6 Å². The van der Waals surface area contributed by atoms with Crippen molar-refractivity contribution in [1.82, 2.24) is 17.9 Å². The van der Waals surface area contributed by atoms with Crippen molar-refractivity contribution in [2.45, 2.75) is 30.6 Å². The van der Waals surface area contributed by atoms with Gasteiger partial charge in [0.1, 0.15) is 10.7 Å². The summed E-state index contributed by atoms with van der Waals surface area (Å²) >= 11 is 0. The Balaban J connectivity index is 1.37. The molecule has 0 atom stereocenters. The van der Waals surface area contributed by atoms with E-state index in [1.54, 1.807) is 20.7 Å². The average molecular weight is 474 g/mol. The largest absolute Gasteiger partial charge is 0.379 e. The topological polar surface area (TPSA) is 103 Å². The van der Waals surface area contributed by atoms with Gasteiger partial charge in [0.05, 0.1) is 13.2 Å². The molecule has 0 spiro atoms. The Morgan fingerprint density at radius 2 is 1.32 bits per heavy atom. The lowest BCUT2D eigenvalue weighted by Crippen LogP contribution is -2.53. The zero-order valence-corrected chi connectivity index (χ0v) is 19.4. The first kappa shape index (κ1) is 22.9. The number of rotatable bonds is 5. The molecule has 0 unspecified atom stereocenters. The second-order valence-corrected chi connectivity index (χ2v) is 11.9. The molecule has 174 valence electrons. The second-order valence-electron chi connectivity index (χ2n) is 8.08. The molecule has 3 aliphatic rings. The molecular weight excluding hydrogens is 442 g/mol. The van der Waals surface area contributed by atoms with Gasteiger partial charge in [-0.15, -0.1) is 0 Å². The van der Waals surface area contributed by atoms with Crippen LogP contribution in [0.4, 0.5) is 5.82 Å². The Morgan fingerprint density at radius 3 is 1.90 bits per heavy atom. The number of hydrogen-bond acceptors (Lipinski definition) is 7. The number of piperazine rings is 1. The van der Waals surface area contributed by atoms with Gasteiger partial charge < -0.3 is 9.64 Å². The lowest BCUT2D eigenvalue weighted by molar-refractivity contribution is 0.0730. The predicted octanol–water partition coefficient (Wildman–Crippen LogP) is 0.345. The normalized spacial score (nSPS) is 23.5. The molecular formula is C19H31N5O5S2. The van der Waals surface area contributed by atoms with Gasteiger partial charge in [0.2, 0.25) is 10.0 Å². The van der Waals surface area contributed by atoms with Crippen LogP contribution < -0.4 is 4.90 Å². The molecule has 4 rings (SSSR count). The zero-order chi connectivity index (χ0) is 21.9. The Morgan fingerprint density at radius 1 is 0.710 bits per heavy atom. The standard InChI is InChI=1S/C19H31N5O5S2/c25-30(26,22-13-15-29-16-14-22)18-5-6-19(20-17-18)21-9-11-24(12-10-21)31(27,28)23-7-3-1-2-4-8-23/h5-6,17H,1-4,7-16H2. The highest BCUT2D eigenvalue weighted by Gasteiger charge is 2.33. The summed E-state index contributed by atoms with van der Waals surface area (Å²) in [6, 6.07) is 3.28. The molecule has 0 bridgehead atoms. The molecule has 0 aromatic carbocycles. The second kappa shape index (κ2) is 9.67. The van der Waals surface area contributed by atoms with E-state index in [1.807, 2.05) is 4.90 Å². The number of hydrogen-bond donors (Lipinski definition) is 0. The number of nitrogens with zero attached hydrogens (tertiary/aromatic N) is 5. The third-order valence-electron chi connectivity index (χ3n) is 6.11. The summed E-state index contributed by atoms with van der Waals surface area (Å²) in [7, 11) is -7.00. The van der Waals surface area contributed by atoms with Crippen LogP contribution >= 0.6 is 0 Å². The fraction of sp³-hybridized carbons (Fsp3) is 0.737. The molecule has 3 aliphatic heterocycles. The van der Waals surface area contributed by atoms with Crippen LogP contribution in [0.5, 0.6) is 0 Å². The van der Waals surface area contributed by atoms with Gasteiger partial charge in [-0.1, -0.05) is 12.8 Å². The number of aromatic nitrogens is 1. The van der Waals surface area contributed by atoms with Gasteiger partial charge in [0.25, 0.3) is 10.2 Å². The minimum absolute atomic E-state index is 0.167. The average Bonchev–Trinajstić information content (AvgIpc) is 3.10. The quantitative estimate of drug-likeness (QED) is 0.608. The summed E-state index contributed by atoms with van der Waals surface area (Å²) in [5.41, 5.74) is 0. The van der Waals surface area contributed by atoms with E-state index in [9.17, 15) is 16.8 Å². The van der Waals surface area contributed by atoms with Crippen molar-refractivity contribution in [3.8, 4) is 0 Å². The minimum atomic E-state index is -3.57. The zero-order valence-electron chi connectivity index (χ0n) is 17.7. The molecule has 3 fully saturated rings. The number of sulfonamides is 1. The number of pyridine rings is 1. The third kappa shape index (κ3) is 5.04. The lowest BCUT2D eigenvalue weighted by atomic mass is 10.2. The van der Waals surface area contributed by atoms with Crippen LogP contribution in [0.3, 0.4) is 0 Å². The van der Waals surface area contributed by atoms with Crippen molar-refractivity contribution in [3.05, 3.63) is 18.3 Å². The van der Waals surface area contributed by atoms with Crippen LogP contribution in [0.15, 0.2) is 23.2 Å². The van der Waals surface area contributed by atoms with E-state index in [0.717, 1.165) is 25.7 Å². The summed E-state index contributed by atoms with van der Waals surface area (Å²) in [5.74, 6) is 0.660. The van der Waals surface area contributed by atoms with Gasteiger partial charge in [0, 0.05) is 58.6 Å². The van der Waals surface area contributed by atoms with E-state index in [1.165, 1.54) is 10.5 Å². The third-order valence-corrected chi connectivity index (χ3v) is 10.0. The number of ether oxygens (including phenoxy) is 1. The Bertz CT molecular complexity index is 932. The van der Waals surface area contributed by atoms with Crippen molar-refractivity contribution in [3.63, 3.8) is 0 Å². The fourth-order valence-electron chi connectivity index (χ4n) is 4.23. The molecule has 10 nitrogen and oxygen atoms in total. The molecule has 0 saturated carbocycles. The summed E-state index contributed by atoms with van der Waals surface area (Å²) in [6.07, 6.45) is 5.40. The van der Waals surface area contributed by atoms with Gasteiger partial charge in [0.15, 0.2) is 0 Å². The molecule has 12 heteroatoms. The molecule has 3 saturated heterocycles. The van der Waals surface area contributed by atoms with E-state index in [0.29, 0.717) is 71.4 Å². The summed E-state index contributed by atoms with van der Waals surface area (Å²) in [4.78, 5) is 6.53. The first-order valence-corrected chi connectivity index (χ1v) is 13.8. The van der Waals surface area contributed by atoms with Crippen molar-refractivity contribution in [2.75, 3.05) is 70.5 Å². The summed E-state index contributed by atoms with van der Waals surface area (Å²) < 4.78 is 61.3. The van der Waals surface area contributed by atoms with Crippen LogP contribution in [0.25, 0.3) is 0 Å². The molecule has 31 heavy (non-hydrogen) atoms. The Kier molecular flexibility index (Phi) is 7.14. The molecule has 1 aromatic heterocycles. The van der Waals surface area contributed by atoms with E-state index < -0.39 is 20.2 Å². The predicted molar refractivity (Wildman–Crippen MR) is 117 cm³/mol. The van der Waals surface area contributed by atoms with E-state index in [-0.39, 0.29) is 4.90 Å². The van der Waals surface area contributed by atoms with E-state index in [4.69, 9.17) is 4.74 Å². The van der Waals surface area contributed by atoms with Gasteiger partial charge in [-0.05, 0) is 25.0 Å². The molecule has 0 N–H and O–H groups in total. The maximum Gasteiger partial charge on any atom is 0.282 e. The first-order valence-electron chi connectivity index (χ1n) is 10.9. The van der Waals surface area contributed by atoms with Gasteiger partial charge in [-0.2, -0.15) is 21.3 Å². The lowest BCUT2D eigenvalue weighted by Gasteiger charge is -2.37. The van der Waals surface area contributed by atoms with Gasteiger partial charge in [-0.3, -0.25) is 0 Å². The van der Waals surface area contributed by atoms with E-state index >= 15 is 0 Å². The highest BCUT2D eigenvalue weighted by atomic mass is 32.2. The van der Waals surface area contributed by atoms with Crippen molar-refractivity contribution >= 4 is 26.1 Å². The van der Waals surface area contributed by atoms with Crippen LogP contribution in [-0.2, 0) is 25.0 Å². The molecule has 0 amide bonds. The fourth-order valence-corrected chi connectivity index (χ4v) is 7.26. The van der Waals surface area contributed by atoms with Crippen LogP contribution in [0, 0.1) is 0 Å². The highest BCUT2D eigenvalue weighted by Crippen LogP contribution is 2.22. The molecule has 0 radical (unpaired) electrons. The number of morpholine rings is 1. The Hall–Kier alpha value is -1.31. The monoisotopic (exact) mass is 473 g/mol. The maximum absolute atomic E-state index is 13.0. The van der Waals surface area contributed by atoms with E-state index in [2.05, 4.69) is 4.98 Å². The van der Waals surface area contributed by atoms with Crippen molar-refractivity contribution in [2.24, 2.45) is 0 Å². The first-order chi connectivity index (χ1) is 14.9. The van der Waals surface area contributed by atoms with Gasteiger partial charge in [-0.25, -0.2) is 13.4 Å². The molecule has 0 aliphatic carbocycles. The minimum Gasteiger partial charge on any atom is -0.379 e. The highest BCUT2D eigenvalue weighted by molar-refractivity contribution is 7.89. The van der Waals surface area contributed by atoms with Crippen molar-refractivity contribution in [1.29, 1.82) is 0 Å². The number of anilines is 1. The van der Waals surface area contributed by atoms with Crippen LogP contribution in [0.1, 0.15) is 25.7 Å².